The first-order chi connectivity index (χ1) is 15.8. The summed E-state index contributed by atoms with van der Waals surface area (Å²) in [5, 5.41) is 0.380. The van der Waals surface area contributed by atoms with Gasteiger partial charge in [0, 0.05) is 20.8 Å². The molecule has 0 N–H and O–H groups in total. The van der Waals surface area contributed by atoms with Crippen LogP contribution in [0.1, 0.15) is 9.60 Å². The van der Waals surface area contributed by atoms with E-state index in [-0.39, 0.29) is 57.0 Å². The van der Waals surface area contributed by atoms with E-state index in [0.717, 1.165) is 11.1 Å². The third kappa shape index (κ3) is 2.30. The summed E-state index contributed by atoms with van der Waals surface area (Å²) in [6.45, 7) is 0. The lowest BCUT2D eigenvalue weighted by atomic mass is 10.0. The van der Waals surface area contributed by atoms with Crippen LogP contribution in [0.3, 0.4) is 0 Å². The van der Waals surface area contributed by atoms with Crippen LogP contribution in [0.4, 0.5) is 0 Å². The Morgan fingerprint density at radius 1 is 0.731 bits per heavy atom. The molecule has 0 aliphatic rings. The molecule has 0 radical (unpaired) electrons. The summed E-state index contributed by atoms with van der Waals surface area (Å²) < 4.78 is 60.9. The van der Waals surface area contributed by atoms with Crippen LogP contribution in [0.5, 0.6) is 0 Å². The number of nitrogens with zero attached hydrogens (tertiary/aromatic N) is 1. The van der Waals surface area contributed by atoms with Gasteiger partial charge in [-0.25, -0.2) is 0 Å². The summed E-state index contributed by atoms with van der Waals surface area (Å²) in [7, 11) is 0. The number of rotatable bonds is 2. The lowest BCUT2D eigenvalue weighted by molar-refractivity contribution is 1.18. The van der Waals surface area contributed by atoms with E-state index in [1.165, 1.54) is 0 Å². The molecule has 2 heteroatoms. The van der Waals surface area contributed by atoms with E-state index >= 15 is 0 Å². The summed E-state index contributed by atoms with van der Waals surface area (Å²) in [5.74, 6) is 0. The normalized spacial score (nSPS) is 15.0. The lowest BCUT2D eigenvalue weighted by Gasteiger charge is -2.14. The van der Waals surface area contributed by atoms with E-state index in [2.05, 4.69) is 15.9 Å². The van der Waals surface area contributed by atoms with Gasteiger partial charge >= 0.3 is 0 Å². The Bertz CT molecular complexity index is 1520. The fourth-order valence-corrected chi connectivity index (χ4v) is 3.78. The number of halogens is 1. The third-order valence-electron chi connectivity index (χ3n) is 4.40. The van der Waals surface area contributed by atoms with E-state index in [1.807, 2.05) is 54.6 Å². The minimum Gasteiger partial charge on any atom is -0.307 e. The summed E-state index contributed by atoms with van der Waals surface area (Å²) in [5.41, 5.74) is 2.95. The first kappa shape index (κ1) is 9.75. The van der Waals surface area contributed by atoms with Crippen LogP contribution >= 0.6 is 15.9 Å². The van der Waals surface area contributed by atoms with Crippen LogP contribution in [-0.2, 0) is 0 Å². The molecule has 4 aromatic carbocycles. The molecule has 1 aromatic heterocycles. The second kappa shape index (κ2) is 6.15. The first-order valence-electron chi connectivity index (χ1n) is 11.6. The molecule has 0 fully saturated rings. The molecular formula is C24H16BrN. The zero-order chi connectivity index (χ0) is 23.6. The average Bonchev–Trinajstić information content (AvgIpc) is 3.20. The maximum Gasteiger partial charge on any atom is 0.0683 e. The molecule has 26 heavy (non-hydrogen) atoms. The molecule has 124 valence electrons. The van der Waals surface area contributed by atoms with Crippen LogP contribution in [0.15, 0.2) is 101 Å². The number of para-hydroxylation sites is 3. The lowest BCUT2D eigenvalue weighted by Crippen LogP contribution is -1.97. The Morgan fingerprint density at radius 3 is 2.35 bits per heavy atom. The maximum absolute atomic E-state index is 8.69. The molecule has 1 nitrogen and oxygen atoms in total. The molecule has 0 aliphatic heterocycles. The van der Waals surface area contributed by atoms with Gasteiger partial charge in [-0.2, -0.15) is 0 Å². The van der Waals surface area contributed by atoms with Crippen molar-refractivity contribution in [3.05, 3.63) is 101 Å². The quantitative estimate of drug-likeness (QED) is 0.292. The molecule has 0 unspecified atom stereocenters. The van der Waals surface area contributed by atoms with Crippen LogP contribution in [0.2, 0.25) is 0 Å². The van der Waals surface area contributed by atoms with Gasteiger partial charge in [-0.1, -0.05) is 78.7 Å². The molecule has 0 amide bonds. The Morgan fingerprint density at radius 2 is 1.46 bits per heavy atom. The highest BCUT2D eigenvalue weighted by Crippen LogP contribution is 2.38. The van der Waals surface area contributed by atoms with E-state index in [9.17, 15) is 0 Å². The van der Waals surface area contributed by atoms with Crippen molar-refractivity contribution in [2.45, 2.75) is 0 Å². The standard InChI is InChI=1S/C24H16BrN/c25-21-14-8-13-20-19-12-5-7-16-23(19)26(24(20)21)22-15-6-4-11-18(22)17-9-2-1-3-10-17/h1-16H/i5D,7D,8D,12D,13D,14D,16D. The number of hydrogen-bond donors (Lipinski definition) is 0. The molecule has 5 aromatic rings. The van der Waals surface area contributed by atoms with Crippen LogP contribution in [0, 0.1) is 0 Å². The molecule has 5 rings (SSSR count). The number of aromatic nitrogens is 1. The van der Waals surface area contributed by atoms with Crippen molar-refractivity contribution in [1.82, 2.24) is 4.57 Å². The number of hydrogen-bond acceptors (Lipinski definition) is 0. The van der Waals surface area contributed by atoms with Crippen LogP contribution < -0.4 is 0 Å². The average molecular weight is 405 g/mol. The van der Waals surface area contributed by atoms with Gasteiger partial charge in [0.05, 0.1) is 26.3 Å². The van der Waals surface area contributed by atoms with E-state index in [0.29, 0.717) is 11.2 Å². The molecule has 0 bridgehead atoms. The highest BCUT2D eigenvalue weighted by Gasteiger charge is 2.16. The maximum atomic E-state index is 8.69. The minimum absolute atomic E-state index is 0.165. The Labute approximate surface area is 170 Å². The Hall–Kier alpha value is -2.84. The molecule has 0 saturated carbocycles. The molecule has 0 atom stereocenters. The Balaban J connectivity index is 2.11. The SMILES string of the molecule is [2H]c1c([2H])c([2H])c2c(c1[2H])c1c([2H])c([2H])c([2H])c(Br)c1n2-c1ccccc1-c1ccccc1. The third-order valence-corrected chi connectivity index (χ3v) is 4.97. The number of benzene rings is 4. The van der Waals surface area contributed by atoms with Gasteiger partial charge < -0.3 is 4.57 Å². The zero-order valence-corrected chi connectivity index (χ0v) is 15.1. The summed E-state index contributed by atoms with van der Waals surface area (Å²) in [4.78, 5) is 0. The van der Waals surface area contributed by atoms with Gasteiger partial charge in [0.1, 0.15) is 0 Å². The number of fused-ring (bicyclic) bond motifs is 3. The van der Waals surface area contributed by atoms with Crippen molar-refractivity contribution in [2.75, 3.05) is 0 Å². The van der Waals surface area contributed by atoms with Crippen molar-refractivity contribution in [2.24, 2.45) is 0 Å². The van der Waals surface area contributed by atoms with Gasteiger partial charge in [-0.15, -0.1) is 0 Å². The minimum atomic E-state index is -0.403. The summed E-state index contributed by atoms with van der Waals surface area (Å²) in [6.07, 6.45) is 0. The zero-order valence-electron chi connectivity index (χ0n) is 20.5. The highest BCUT2D eigenvalue weighted by atomic mass is 79.9. The fraction of sp³-hybridized carbons (Fsp3) is 0. The van der Waals surface area contributed by atoms with Crippen LogP contribution in [-0.4, -0.2) is 4.57 Å². The molecule has 0 aliphatic carbocycles. The van der Waals surface area contributed by atoms with Crippen molar-refractivity contribution in [3.8, 4) is 16.8 Å². The molecule has 0 spiro atoms. The van der Waals surface area contributed by atoms with Gasteiger partial charge in [-0.3, -0.25) is 0 Å². The second-order valence-electron chi connectivity index (χ2n) is 5.85. The van der Waals surface area contributed by atoms with Gasteiger partial charge in [0.2, 0.25) is 0 Å². The first-order valence-corrected chi connectivity index (χ1v) is 8.89. The van der Waals surface area contributed by atoms with E-state index < -0.39 is 6.04 Å². The van der Waals surface area contributed by atoms with E-state index in [4.69, 9.17) is 9.60 Å². The van der Waals surface area contributed by atoms with Gasteiger partial charge in [0.15, 0.2) is 0 Å². The monoisotopic (exact) mass is 404 g/mol. The summed E-state index contributed by atoms with van der Waals surface area (Å²) >= 11 is 3.43. The van der Waals surface area contributed by atoms with Crippen molar-refractivity contribution in [3.63, 3.8) is 0 Å². The van der Waals surface area contributed by atoms with Crippen molar-refractivity contribution >= 4 is 37.7 Å². The molecule has 1 heterocycles. The van der Waals surface area contributed by atoms with Crippen LogP contribution in [0.25, 0.3) is 38.6 Å². The predicted molar refractivity (Wildman–Crippen MR) is 114 cm³/mol. The van der Waals surface area contributed by atoms with Gasteiger partial charge in [0.25, 0.3) is 0 Å². The summed E-state index contributed by atoms with van der Waals surface area (Å²) in [6, 6.07) is 15.1. The molecular weight excluding hydrogens is 382 g/mol. The topological polar surface area (TPSA) is 4.93 Å². The largest absolute Gasteiger partial charge is 0.307 e. The second-order valence-corrected chi connectivity index (χ2v) is 6.65. The fourth-order valence-electron chi connectivity index (χ4n) is 3.31. The molecule has 0 saturated heterocycles. The van der Waals surface area contributed by atoms with Crippen molar-refractivity contribution < 1.29 is 9.60 Å². The van der Waals surface area contributed by atoms with E-state index in [1.54, 1.807) is 4.57 Å². The predicted octanol–water partition coefficient (Wildman–Crippen LogP) is 7.21. The Kier molecular flexibility index (Phi) is 2.31. The van der Waals surface area contributed by atoms with Gasteiger partial charge in [-0.05, 0) is 39.6 Å². The van der Waals surface area contributed by atoms with Crippen molar-refractivity contribution in [1.29, 1.82) is 0 Å². The smallest absolute Gasteiger partial charge is 0.0683 e. The highest BCUT2D eigenvalue weighted by molar-refractivity contribution is 9.10.